The molecule has 26 heavy (non-hydrogen) atoms. The third kappa shape index (κ3) is 5.81. The maximum absolute atomic E-state index is 12.6. The average molecular weight is 364 g/mol. The number of hydrogen-bond acceptors (Lipinski definition) is 4. The van der Waals surface area contributed by atoms with E-state index in [1.54, 1.807) is 0 Å². The van der Waals surface area contributed by atoms with Gasteiger partial charge in [-0.15, -0.1) is 0 Å². The second kappa shape index (κ2) is 10.1. The first-order valence-electron chi connectivity index (χ1n) is 10.0. The van der Waals surface area contributed by atoms with Gasteiger partial charge in [-0.25, -0.2) is 0 Å². The Labute approximate surface area is 158 Å². The molecule has 1 aromatic rings. The second-order valence-electron chi connectivity index (χ2n) is 8.31. The summed E-state index contributed by atoms with van der Waals surface area (Å²) >= 11 is 0. The Hall–Kier alpha value is -1.40. The standard InChI is InChI=1S/C20H37N5O/c1-15(2)13-25(5)20(26)17-8-6-16(7-9-17)19-18(12-22-23-19)14-24(4)11-10-21-3/h12,15-17,21H,6-11,13-14H2,1-5H3,(H,22,23). The summed E-state index contributed by atoms with van der Waals surface area (Å²) in [6, 6.07) is 0. The van der Waals surface area contributed by atoms with E-state index >= 15 is 0 Å². The van der Waals surface area contributed by atoms with Gasteiger partial charge in [0.15, 0.2) is 0 Å². The predicted octanol–water partition coefficient (Wildman–Crippen LogP) is 2.45. The highest BCUT2D eigenvalue weighted by atomic mass is 16.2. The molecule has 148 valence electrons. The van der Waals surface area contributed by atoms with Crippen molar-refractivity contribution >= 4 is 5.91 Å². The van der Waals surface area contributed by atoms with Crippen LogP contribution in [0.3, 0.4) is 0 Å². The minimum atomic E-state index is 0.194. The lowest BCUT2D eigenvalue weighted by molar-refractivity contribution is -0.135. The number of aromatic amines is 1. The Morgan fingerprint density at radius 3 is 2.62 bits per heavy atom. The third-order valence-electron chi connectivity index (χ3n) is 5.44. The molecular formula is C20H37N5O. The molecule has 1 aliphatic carbocycles. The molecule has 0 bridgehead atoms. The van der Waals surface area contributed by atoms with Crippen molar-refractivity contribution in [3.8, 4) is 0 Å². The summed E-state index contributed by atoms with van der Waals surface area (Å²) in [7, 11) is 6.08. The predicted molar refractivity (Wildman–Crippen MR) is 106 cm³/mol. The van der Waals surface area contributed by atoms with Gasteiger partial charge in [0.25, 0.3) is 0 Å². The molecule has 1 amide bonds. The molecule has 0 spiro atoms. The fraction of sp³-hybridized carbons (Fsp3) is 0.800. The van der Waals surface area contributed by atoms with Crippen LogP contribution in [0.5, 0.6) is 0 Å². The Morgan fingerprint density at radius 2 is 2.00 bits per heavy atom. The molecule has 2 N–H and O–H groups in total. The molecule has 6 nitrogen and oxygen atoms in total. The summed E-state index contributed by atoms with van der Waals surface area (Å²) in [4.78, 5) is 16.9. The molecule has 2 rings (SSSR count). The quantitative estimate of drug-likeness (QED) is 0.707. The first-order valence-corrected chi connectivity index (χ1v) is 10.0. The molecule has 0 atom stereocenters. The number of aromatic nitrogens is 2. The van der Waals surface area contributed by atoms with Crippen LogP contribution in [-0.4, -0.2) is 66.7 Å². The van der Waals surface area contributed by atoms with Crippen LogP contribution in [0.15, 0.2) is 6.20 Å². The molecule has 0 unspecified atom stereocenters. The number of hydrogen-bond donors (Lipinski definition) is 2. The largest absolute Gasteiger partial charge is 0.345 e. The van der Waals surface area contributed by atoms with Crippen molar-refractivity contribution < 1.29 is 4.79 Å². The highest BCUT2D eigenvalue weighted by molar-refractivity contribution is 5.78. The van der Waals surface area contributed by atoms with E-state index in [1.165, 1.54) is 11.3 Å². The van der Waals surface area contributed by atoms with Crippen LogP contribution in [0, 0.1) is 11.8 Å². The summed E-state index contributed by atoms with van der Waals surface area (Å²) in [5, 5.41) is 10.7. The molecule has 1 fully saturated rings. The van der Waals surface area contributed by atoms with Crippen molar-refractivity contribution in [3.05, 3.63) is 17.5 Å². The smallest absolute Gasteiger partial charge is 0.225 e. The first-order chi connectivity index (χ1) is 12.4. The molecule has 0 aromatic carbocycles. The number of carbonyl (C=O) groups excluding carboxylic acids is 1. The van der Waals surface area contributed by atoms with E-state index in [1.807, 2.05) is 25.2 Å². The van der Waals surface area contributed by atoms with E-state index in [9.17, 15) is 4.79 Å². The van der Waals surface area contributed by atoms with Gasteiger partial charge in [-0.05, 0) is 45.7 Å². The zero-order valence-electron chi connectivity index (χ0n) is 17.2. The average Bonchev–Trinajstić information content (AvgIpc) is 3.06. The summed E-state index contributed by atoms with van der Waals surface area (Å²) in [5.74, 6) is 1.55. The van der Waals surface area contributed by atoms with E-state index in [4.69, 9.17) is 0 Å². The number of carbonyl (C=O) groups is 1. The van der Waals surface area contributed by atoms with E-state index in [2.05, 4.69) is 41.3 Å². The van der Waals surface area contributed by atoms with E-state index in [0.29, 0.717) is 17.7 Å². The van der Waals surface area contributed by atoms with Crippen LogP contribution in [0.4, 0.5) is 0 Å². The number of nitrogens with one attached hydrogen (secondary N) is 2. The van der Waals surface area contributed by atoms with Crippen LogP contribution >= 0.6 is 0 Å². The van der Waals surface area contributed by atoms with Crippen molar-refractivity contribution in [1.82, 2.24) is 25.3 Å². The molecule has 1 aromatic heterocycles. The molecule has 6 heteroatoms. The lowest BCUT2D eigenvalue weighted by Gasteiger charge is -2.31. The van der Waals surface area contributed by atoms with E-state index < -0.39 is 0 Å². The van der Waals surface area contributed by atoms with Gasteiger partial charge in [0.2, 0.25) is 5.91 Å². The number of rotatable bonds is 9. The summed E-state index contributed by atoms with van der Waals surface area (Å²) < 4.78 is 0. The van der Waals surface area contributed by atoms with Gasteiger partial charge < -0.3 is 15.1 Å². The van der Waals surface area contributed by atoms with E-state index in [-0.39, 0.29) is 5.92 Å². The van der Waals surface area contributed by atoms with Gasteiger partial charge in [0.1, 0.15) is 0 Å². The summed E-state index contributed by atoms with van der Waals surface area (Å²) in [6.07, 6.45) is 6.08. The Balaban J connectivity index is 1.88. The maximum atomic E-state index is 12.6. The summed E-state index contributed by atoms with van der Waals surface area (Å²) in [5.41, 5.74) is 2.58. The van der Waals surface area contributed by atoms with Gasteiger partial charge in [-0.1, -0.05) is 13.8 Å². The van der Waals surface area contributed by atoms with Gasteiger partial charge in [0, 0.05) is 56.3 Å². The maximum Gasteiger partial charge on any atom is 0.225 e. The number of nitrogens with zero attached hydrogens (tertiary/aromatic N) is 3. The van der Waals surface area contributed by atoms with Gasteiger partial charge in [0.05, 0.1) is 6.20 Å². The number of H-pyrrole nitrogens is 1. The summed E-state index contributed by atoms with van der Waals surface area (Å²) in [6.45, 7) is 8.10. The van der Waals surface area contributed by atoms with E-state index in [0.717, 1.165) is 51.9 Å². The third-order valence-corrected chi connectivity index (χ3v) is 5.44. The zero-order chi connectivity index (χ0) is 19.1. The Morgan fingerprint density at radius 1 is 1.31 bits per heavy atom. The Kier molecular flexibility index (Phi) is 8.10. The monoisotopic (exact) mass is 363 g/mol. The minimum Gasteiger partial charge on any atom is -0.345 e. The second-order valence-corrected chi connectivity index (χ2v) is 8.31. The lowest BCUT2D eigenvalue weighted by Crippen LogP contribution is -2.37. The van der Waals surface area contributed by atoms with Crippen molar-refractivity contribution in [2.24, 2.45) is 11.8 Å². The van der Waals surface area contributed by atoms with Gasteiger partial charge in [-0.3, -0.25) is 9.89 Å². The first kappa shape index (κ1) is 20.9. The fourth-order valence-corrected chi connectivity index (χ4v) is 4.05. The van der Waals surface area contributed by atoms with Crippen LogP contribution in [0.25, 0.3) is 0 Å². The SMILES string of the molecule is CNCCN(C)Cc1cn[nH]c1C1CCC(C(=O)N(C)CC(C)C)CC1. The van der Waals surface area contributed by atoms with Gasteiger partial charge in [-0.2, -0.15) is 5.10 Å². The number of likely N-dealkylation sites (N-methyl/N-ethyl adjacent to an activating group) is 2. The molecular weight excluding hydrogens is 326 g/mol. The molecule has 0 aliphatic heterocycles. The topological polar surface area (TPSA) is 64.3 Å². The van der Waals surface area contributed by atoms with Crippen LogP contribution in [0.1, 0.15) is 56.7 Å². The number of amides is 1. The molecule has 0 saturated heterocycles. The highest BCUT2D eigenvalue weighted by Crippen LogP contribution is 2.37. The van der Waals surface area contributed by atoms with Crippen molar-refractivity contribution in [2.45, 2.75) is 52.0 Å². The van der Waals surface area contributed by atoms with Gasteiger partial charge >= 0.3 is 0 Å². The molecule has 1 saturated carbocycles. The molecule has 1 aliphatic rings. The molecule has 1 heterocycles. The normalized spacial score (nSPS) is 20.7. The highest BCUT2D eigenvalue weighted by Gasteiger charge is 2.30. The zero-order valence-corrected chi connectivity index (χ0v) is 17.2. The lowest BCUT2D eigenvalue weighted by atomic mass is 9.79. The fourth-order valence-electron chi connectivity index (χ4n) is 4.05. The Bertz CT molecular complexity index is 548. The van der Waals surface area contributed by atoms with Crippen LogP contribution < -0.4 is 5.32 Å². The van der Waals surface area contributed by atoms with Crippen LogP contribution in [-0.2, 0) is 11.3 Å². The van der Waals surface area contributed by atoms with Crippen molar-refractivity contribution in [2.75, 3.05) is 40.8 Å². The minimum absolute atomic E-state index is 0.194. The van der Waals surface area contributed by atoms with Crippen molar-refractivity contribution in [3.63, 3.8) is 0 Å². The van der Waals surface area contributed by atoms with Crippen molar-refractivity contribution in [1.29, 1.82) is 0 Å². The molecule has 0 radical (unpaired) electrons. The van der Waals surface area contributed by atoms with Crippen LogP contribution in [0.2, 0.25) is 0 Å².